The fourth-order valence-electron chi connectivity index (χ4n) is 2.30. The van der Waals surface area contributed by atoms with Gasteiger partial charge in [0.15, 0.2) is 0 Å². The number of amidine groups is 1. The Hall–Kier alpha value is -2.75. The fraction of sp³-hybridized carbons (Fsp3) is 0.111. The molecule has 1 aliphatic rings. The highest BCUT2D eigenvalue weighted by molar-refractivity contribution is 6.14. The molecule has 0 saturated heterocycles. The minimum atomic E-state index is -0.332. The molecule has 3 rings (SSSR count). The van der Waals surface area contributed by atoms with Crippen molar-refractivity contribution >= 4 is 17.8 Å². The number of hydrogen-bond acceptors (Lipinski definition) is 2. The molecule has 2 aromatic carbocycles. The number of rotatable bonds is 4. The molecular formula is C18H15FN2O. The minimum absolute atomic E-state index is 0.243. The van der Waals surface area contributed by atoms with Crippen LogP contribution in [0, 0.1) is 5.82 Å². The van der Waals surface area contributed by atoms with Crippen LogP contribution in [0.25, 0.3) is 6.08 Å². The van der Waals surface area contributed by atoms with Gasteiger partial charge in [0, 0.05) is 6.42 Å². The summed E-state index contributed by atoms with van der Waals surface area (Å²) in [7, 11) is 0. The van der Waals surface area contributed by atoms with E-state index in [-0.39, 0.29) is 11.7 Å². The first-order valence-electron chi connectivity index (χ1n) is 7.11. The average molecular weight is 294 g/mol. The van der Waals surface area contributed by atoms with Crippen LogP contribution in [0.15, 0.2) is 65.3 Å². The van der Waals surface area contributed by atoms with Gasteiger partial charge >= 0.3 is 0 Å². The second-order valence-electron chi connectivity index (χ2n) is 5.08. The average Bonchev–Trinajstić information content (AvgIpc) is 2.86. The topological polar surface area (TPSA) is 41.5 Å². The lowest BCUT2D eigenvalue weighted by Gasteiger charge is -2.00. The summed E-state index contributed by atoms with van der Waals surface area (Å²) in [6.07, 6.45) is 3.07. The van der Waals surface area contributed by atoms with Crippen molar-refractivity contribution in [2.45, 2.75) is 12.8 Å². The molecule has 0 fully saturated rings. The van der Waals surface area contributed by atoms with Crippen molar-refractivity contribution in [3.8, 4) is 0 Å². The van der Waals surface area contributed by atoms with Crippen molar-refractivity contribution in [3.05, 3.63) is 77.2 Å². The van der Waals surface area contributed by atoms with Crippen LogP contribution in [-0.4, -0.2) is 11.7 Å². The van der Waals surface area contributed by atoms with Crippen molar-refractivity contribution in [2.24, 2.45) is 4.99 Å². The number of benzene rings is 2. The Morgan fingerprint density at radius 1 is 1.05 bits per heavy atom. The molecule has 1 amide bonds. The van der Waals surface area contributed by atoms with Crippen molar-refractivity contribution in [2.75, 3.05) is 0 Å². The maximum Gasteiger partial charge on any atom is 0.275 e. The third kappa shape index (κ3) is 3.47. The molecule has 0 unspecified atom stereocenters. The second kappa shape index (κ2) is 6.35. The molecule has 3 nitrogen and oxygen atoms in total. The molecule has 0 radical (unpaired) electrons. The lowest BCUT2D eigenvalue weighted by molar-refractivity contribution is -0.115. The zero-order chi connectivity index (χ0) is 15.4. The summed E-state index contributed by atoms with van der Waals surface area (Å²) in [5.41, 5.74) is 2.13. The first-order valence-corrected chi connectivity index (χ1v) is 7.11. The van der Waals surface area contributed by atoms with Crippen LogP contribution in [0.3, 0.4) is 0 Å². The standard InChI is InChI=1S/C18H15FN2O/c19-15-8-4-7-14(11-15)12-16-18(22)21-17(20-16)10-9-13-5-2-1-3-6-13/h1-8,11-12H,9-10H2,(H,20,21,22)/b16-12+. The maximum absolute atomic E-state index is 13.2. The van der Waals surface area contributed by atoms with E-state index < -0.39 is 0 Å². The van der Waals surface area contributed by atoms with Gasteiger partial charge in [-0.05, 0) is 35.8 Å². The summed E-state index contributed by atoms with van der Waals surface area (Å²) in [5, 5.41) is 2.76. The van der Waals surface area contributed by atoms with Gasteiger partial charge in [-0.15, -0.1) is 0 Å². The molecule has 1 heterocycles. The van der Waals surface area contributed by atoms with Crippen LogP contribution in [0.2, 0.25) is 0 Å². The van der Waals surface area contributed by atoms with E-state index >= 15 is 0 Å². The Balaban J connectivity index is 1.71. The second-order valence-corrected chi connectivity index (χ2v) is 5.08. The van der Waals surface area contributed by atoms with E-state index in [1.54, 1.807) is 18.2 Å². The summed E-state index contributed by atoms with van der Waals surface area (Å²) >= 11 is 0. The van der Waals surface area contributed by atoms with E-state index in [1.165, 1.54) is 17.7 Å². The molecular weight excluding hydrogens is 279 g/mol. The number of carbonyl (C=O) groups excluding carboxylic acids is 1. The van der Waals surface area contributed by atoms with Gasteiger partial charge in [-0.2, -0.15) is 0 Å². The number of hydrogen-bond donors (Lipinski definition) is 1. The van der Waals surface area contributed by atoms with E-state index in [1.807, 2.05) is 30.3 Å². The SMILES string of the molecule is O=C1NC(CCc2ccccc2)=N/C1=C/c1cccc(F)c1. The number of nitrogens with one attached hydrogen (secondary N) is 1. The van der Waals surface area contributed by atoms with Gasteiger partial charge in [-0.3, -0.25) is 4.79 Å². The highest BCUT2D eigenvalue weighted by atomic mass is 19.1. The van der Waals surface area contributed by atoms with Crippen LogP contribution in [0.1, 0.15) is 17.5 Å². The van der Waals surface area contributed by atoms with Crippen LogP contribution in [-0.2, 0) is 11.2 Å². The summed E-state index contributed by atoms with van der Waals surface area (Å²) in [6, 6.07) is 16.1. The molecule has 110 valence electrons. The van der Waals surface area contributed by atoms with E-state index in [9.17, 15) is 9.18 Å². The lowest BCUT2D eigenvalue weighted by atomic mass is 10.1. The van der Waals surface area contributed by atoms with Gasteiger partial charge in [0.1, 0.15) is 17.3 Å². The summed E-state index contributed by atoms with van der Waals surface area (Å²) in [6.45, 7) is 0. The highest BCUT2D eigenvalue weighted by Crippen LogP contribution is 2.15. The first-order chi connectivity index (χ1) is 10.7. The van der Waals surface area contributed by atoms with Gasteiger partial charge in [-0.25, -0.2) is 9.38 Å². The first kappa shape index (κ1) is 14.2. The predicted molar refractivity (Wildman–Crippen MR) is 84.7 cm³/mol. The Kier molecular flexibility index (Phi) is 4.10. The van der Waals surface area contributed by atoms with Gasteiger partial charge in [0.05, 0.1) is 0 Å². The number of aryl methyl sites for hydroxylation is 1. The highest BCUT2D eigenvalue weighted by Gasteiger charge is 2.19. The monoisotopic (exact) mass is 294 g/mol. The number of halogens is 1. The lowest BCUT2D eigenvalue weighted by Crippen LogP contribution is -2.24. The summed E-state index contributed by atoms with van der Waals surface area (Å²) in [4.78, 5) is 16.2. The van der Waals surface area contributed by atoms with Gasteiger partial charge in [-0.1, -0.05) is 42.5 Å². The molecule has 0 bridgehead atoms. The quantitative estimate of drug-likeness (QED) is 0.863. The van der Waals surface area contributed by atoms with E-state index in [2.05, 4.69) is 10.3 Å². The van der Waals surface area contributed by atoms with Crippen LogP contribution < -0.4 is 5.32 Å². The molecule has 1 N–H and O–H groups in total. The van der Waals surface area contributed by atoms with E-state index in [4.69, 9.17) is 0 Å². The summed E-state index contributed by atoms with van der Waals surface area (Å²) in [5.74, 6) is 0.0739. The fourth-order valence-corrected chi connectivity index (χ4v) is 2.30. The molecule has 0 aliphatic carbocycles. The van der Waals surface area contributed by atoms with Gasteiger partial charge in [0.2, 0.25) is 0 Å². The maximum atomic E-state index is 13.2. The van der Waals surface area contributed by atoms with Crippen molar-refractivity contribution < 1.29 is 9.18 Å². The molecule has 4 heteroatoms. The van der Waals surface area contributed by atoms with E-state index in [0.717, 1.165) is 6.42 Å². The molecule has 0 spiro atoms. The Bertz CT molecular complexity index is 751. The Morgan fingerprint density at radius 2 is 1.86 bits per heavy atom. The molecule has 22 heavy (non-hydrogen) atoms. The Labute approximate surface area is 128 Å². The third-order valence-electron chi connectivity index (χ3n) is 3.39. The minimum Gasteiger partial charge on any atom is -0.309 e. The van der Waals surface area contributed by atoms with Crippen LogP contribution >= 0.6 is 0 Å². The number of nitrogens with zero attached hydrogens (tertiary/aromatic N) is 1. The number of amides is 1. The largest absolute Gasteiger partial charge is 0.309 e. The van der Waals surface area contributed by atoms with Crippen LogP contribution in [0.4, 0.5) is 4.39 Å². The molecule has 0 saturated carbocycles. The zero-order valence-electron chi connectivity index (χ0n) is 11.9. The number of aliphatic imine (C=N–C) groups is 1. The zero-order valence-corrected chi connectivity index (χ0v) is 11.9. The van der Waals surface area contributed by atoms with Crippen molar-refractivity contribution in [3.63, 3.8) is 0 Å². The molecule has 2 aromatic rings. The van der Waals surface area contributed by atoms with E-state index in [0.29, 0.717) is 23.5 Å². The van der Waals surface area contributed by atoms with Crippen LogP contribution in [0.5, 0.6) is 0 Å². The van der Waals surface area contributed by atoms with Crippen molar-refractivity contribution in [1.82, 2.24) is 5.32 Å². The smallest absolute Gasteiger partial charge is 0.275 e. The van der Waals surface area contributed by atoms with Gasteiger partial charge < -0.3 is 5.32 Å². The van der Waals surface area contributed by atoms with Gasteiger partial charge in [0.25, 0.3) is 5.91 Å². The molecule has 1 aliphatic heterocycles. The number of carbonyl (C=O) groups is 1. The summed E-state index contributed by atoms with van der Waals surface area (Å²) < 4.78 is 13.2. The predicted octanol–water partition coefficient (Wildman–Crippen LogP) is 3.33. The Morgan fingerprint density at radius 3 is 2.64 bits per heavy atom. The van der Waals surface area contributed by atoms with Crippen molar-refractivity contribution in [1.29, 1.82) is 0 Å². The molecule has 0 aromatic heterocycles. The third-order valence-corrected chi connectivity index (χ3v) is 3.39. The normalized spacial score (nSPS) is 15.8. The molecule has 0 atom stereocenters.